The monoisotopic (exact) mass is 345 g/mol. The van der Waals surface area contributed by atoms with Gasteiger partial charge in [0.15, 0.2) is 17.3 Å². The topological polar surface area (TPSA) is 80.0 Å². The quantitative estimate of drug-likeness (QED) is 0.584. The lowest BCUT2D eigenvalue weighted by Gasteiger charge is -2.14. The summed E-state index contributed by atoms with van der Waals surface area (Å²) in [5.74, 6) is 1.64. The Morgan fingerprint density at radius 1 is 0.920 bits per heavy atom. The van der Waals surface area contributed by atoms with E-state index in [9.17, 15) is 4.79 Å². The zero-order chi connectivity index (χ0) is 18.4. The van der Waals surface area contributed by atoms with Gasteiger partial charge in [-0.3, -0.25) is 4.79 Å². The van der Waals surface area contributed by atoms with Gasteiger partial charge in [-0.2, -0.15) is 0 Å². The first kappa shape index (κ1) is 18.4. The standard InChI is InChI=1S/C19H23NO5/c1-5-8-25-15-7-6-12(9-14(15)20)18(21)13-10-16(22-2)19(24-4)17(11-13)23-3/h6-7,9-11H,5,8,20H2,1-4H3. The summed E-state index contributed by atoms with van der Waals surface area (Å²) in [6.45, 7) is 2.59. The van der Waals surface area contributed by atoms with E-state index in [2.05, 4.69) is 0 Å². The molecule has 2 N–H and O–H groups in total. The molecule has 0 aliphatic heterocycles. The van der Waals surface area contributed by atoms with Crippen LogP contribution >= 0.6 is 0 Å². The van der Waals surface area contributed by atoms with Gasteiger partial charge < -0.3 is 24.7 Å². The fourth-order valence-corrected chi connectivity index (χ4v) is 2.41. The Hall–Kier alpha value is -2.89. The van der Waals surface area contributed by atoms with E-state index in [0.717, 1.165) is 6.42 Å². The molecule has 0 atom stereocenters. The molecule has 0 heterocycles. The minimum atomic E-state index is -0.201. The third-order valence-electron chi connectivity index (χ3n) is 3.66. The molecule has 0 aliphatic rings. The Balaban J connectivity index is 2.39. The summed E-state index contributed by atoms with van der Waals surface area (Å²) < 4.78 is 21.4. The Bertz CT molecular complexity index is 732. The van der Waals surface area contributed by atoms with Gasteiger partial charge in [0, 0.05) is 11.1 Å². The van der Waals surface area contributed by atoms with E-state index in [1.165, 1.54) is 21.3 Å². The summed E-state index contributed by atoms with van der Waals surface area (Å²) in [7, 11) is 4.52. The maximum atomic E-state index is 12.8. The summed E-state index contributed by atoms with van der Waals surface area (Å²) in [5, 5.41) is 0. The van der Waals surface area contributed by atoms with Crippen molar-refractivity contribution in [3.8, 4) is 23.0 Å². The van der Waals surface area contributed by atoms with Crippen LogP contribution in [-0.2, 0) is 0 Å². The van der Waals surface area contributed by atoms with Gasteiger partial charge in [-0.05, 0) is 36.8 Å². The number of methoxy groups -OCH3 is 3. The molecule has 2 rings (SSSR count). The maximum absolute atomic E-state index is 12.8. The van der Waals surface area contributed by atoms with Gasteiger partial charge in [-0.1, -0.05) is 6.92 Å². The highest BCUT2D eigenvalue weighted by molar-refractivity contribution is 6.10. The zero-order valence-electron chi connectivity index (χ0n) is 14.9. The summed E-state index contributed by atoms with van der Waals surface area (Å²) in [6, 6.07) is 8.22. The minimum Gasteiger partial charge on any atom is -0.493 e. The molecule has 0 saturated carbocycles. The lowest BCUT2D eigenvalue weighted by Crippen LogP contribution is -2.06. The highest BCUT2D eigenvalue weighted by Crippen LogP contribution is 2.39. The number of anilines is 1. The molecule has 6 heteroatoms. The van der Waals surface area contributed by atoms with Crippen molar-refractivity contribution in [1.82, 2.24) is 0 Å². The smallest absolute Gasteiger partial charge is 0.203 e. The molecular weight excluding hydrogens is 322 g/mol. The Labute approximate surface area is 147 Å². The second kappa shape index (κ2) is 8.28. The van der Waals surface area contributed by atoms with Crippen molar-refractivity contribution in [3.05, 3.63) is 41.5 Å². The van der Waals surface area contributed by atoms with Crippen LogP contribution in [0.5, 0.6) is 23.0 Å². The predicted octanol–water partition coefficient (Wildman–Crippen LogP) is 3.31. The average Bonchev–Trinajstić information content (AvgIpc) is 2.65. The normalized spacial score (nSPS) is 10.2. The van der Waals surface area contributed by atoms with Crippen LogP contribution in [0.25, 0.3) is 0 Å². The molecular formula is C19H23NO5. The van der Waals surface area contributed by atoms with Crippen LogP contribution in [0.3, 0.4) is 0 Å². The number of carbonyl (C=O) groups excluding carboxylic acids is 1. The number of hydrogen-bond acceptors (Lipinski definition) is 6. The van der Waals surface area contributed by atoms with Crippen molar-refractivity contribution >= 4 is 11.5 Å². The third kappa shape index (κ3) is 3.96. The fraction of sp³-hybridized carbons (Fsp3) is 0.316. The summed E-state index contributed by atoms with van der Waals surface area (Å²) in [6.07, 6.45) is 0.881. The molecule has 0 aromatic heterocycles. The fourth-order valence-electron chi connectivity index (χ4n) is 2.41. The molecule has 2 aromatic rings. The molecule has 134 valence electrons. The van der Waals surface area contributed by atoms with Crippen molar-refractivity contribution in [2.45, 2.75) is 13.3 Å². The SMILES string of the molecule is CCCOc1ccc(C(=O)c2cc(OC)c(OC)c(OC)c2)cc1N. The van der Waals surface area contributed by atoms with Crippen molar-refractivity contribution in [2.75, 3.05) is 33.7 Å². The van der Waals surface area contributed by atoms with Crippen LogP contribution in [0.2, 0.25) is 0 Å². The summed E-state index contributed by atoms with van der Waals surface area (Å²) in [4.78, 5) is 12.8. The van der Waals surface area contributed by atoms with Crippen LogP contribution in [-0.4, -0.2) is 33.7 Å². The largest absolute Gasteiger partial charge is 0.493 e. The Morgan fingerprint density at radius 3 is 2.04 bits per heavy atom. The molecule has 0 unspecified atom stereocenters. The van der Waals surface area contributed by atoms with Crippen LogP contribution < -0.4 is 24.7 Å². The summed E-state index contributed by atoms with van der Waals surface area (Å²) in [5.41, 5.74) is 7.28. The number of hydrogen-bond donors (Lipinski definition) is 1. The first-order chi connectivity index (χ1) is 12.0. The van der Waals surface area contributed by atoms with E-state index in [-0.39, 0.29) is 5.78 Å². The second-order valence-electron chi connectivity index (χ2n) is 5.34. The zero-order valence-corrected chi connectivity index (χ0v) is 14.9. The molecule has 0 aliphatic carbocycles. The van der Waals surface area contributed by atoms with Gasteiger partial charge in [-0.15, -0.1) is 0 Å². The number of nitrogen functional groups attached to an aromatic ring is 1. The number of ketones is 1. The minimum absolute atomic E-state index is 0.201. The molecule has 2 aromatic carbocycles. The highest BCUT2D eigenvalue weighted by atomic mass is 16.5. The van der Waals surface area contributed by atoms with Gasteiger partial charge in [0.1, 0.15) is 5.75 Å². The van der Waals surface area contributed by atoms with Crippen LogP contribution in [0.15, 0.2) is 30.3 Å². The Kier molecular flexibility index (Phi) is 6.11. The molecule has 0 bridgehead atoms. The molecule has 0 fully saturated rings. The first-order valence-electron chi connectivity index (χ1n) is 7.92. The van der Waals surface area contributed by atoms with Crippen LogP contribution in [0.4, 0.5) is 5.69 Å². The van der Waals surface area contributed by atoms with Gasteiger partial charge >= 0.3 is 0 Å². The maximum Gasteiger partial charge on any atom is 0.203 e. The van der Waals surface area contributed by atoms with Gasteiger partial charge in [0.05, 0.1) is 33.6 Å². The van der Waals surface area contributed by atoms with E-state index in [1.807, 2.05) is 6.92 Å². The van der Waals surface area contributed by atoms with Crippen LogP contribution in [0, 0.1) is 0 Å². The van der Waals surface area contributed by atoms with E-state index in [4.69, 9.17) is 24.7 Å². The molecule has 25 heavy (non-hydrogen) atoms. The van der Waals surface area contributed by atoms with Crippen molar-refractivity contribution in [3.63, 3.8) is 0 Å². The average molecular weight is 345 g/mol. The highest BCUT2D eigenvalue weighted by Gasteiger charge is 2.18. The Morgan fingerprint density at radius 2 is 1.56 bits per heavy atom. The second-order valence-corrected chi connectivity index (χ2v) is 5.34. The number of benzene rings is 2. The van der Waals surface area contributed by atoms with Gasteiger partial charge in [-0.25, -0.2) is 0 Å². The molecule has 0 saturated heterocycles. The van der Waals surface area contributed by atoms with Crippen LogP contribution in [0.1, 0.15) is 29.3 Å². The lowest BCUT2D eigenvalue weighted by molar-refractivity contribution is 0.103. The van der Waals surface area contributed by atoms with Crippen molar-refractivity contribution < 1.29 is 23.7 Å². The lowest BCUT2D eigenvalue weighted by atomic mass is 10.0. The molecule has 0 radical (unpaired) electrons. The molecule has 0 amide bonds. The van der Waals surface area contributed by atoms with Gasteiger partial charge in [0.2, 0.25) is 5.75 Å². The third-order valence-corrected chi connectivity index (χ3v) is 3.66. The number of nitrogens with two attached hydrogens (primary N) is 1. The number of rotatable bonds is 8. The summed E-state index contributed by atoms with van der Waals surface area (Å²) >= 11 is 0. The number of ether oxygens (including phenoxy) is 4. The van der Waals surface area contributed by atoms with Crippen molar-refractivity contribution in [2.24, 2.45) is 0 Å². The first-order valence-corrected chi connectivity index (χ1v) is 7.92. The molecule has 0 spiro atoms. The predicted molar refractivity (Wildman–Crippen MR) is 96.2 cm³/mol. The number of carbonyl (C=O) groups is 1. The molecule has 6 nitrogen and oxygen atoms in total. The van der Waals surface area contributed by atoms with E-state index in [1.54, 1.807) is 30.3 Å². The van der Waals surface area contributed by atoms with E-state index < -0.39 is 0 Å². The van der Waals surface area contributed by atoms with Crippen molar-refractivity contribution in [1.29, 1.82) is 0 Å². The van der Waals surface area contributed by atoms with E-state index in [0.29, 0.717) is 46.4 Å². The van der Waals surface area contributed by atoms with Gasteiger partial charge in [0.25, 0.3) is 0 Å². The van der Waals surface area contributed by atoms with E-state index >= 15 is 0 Å².